The number of sulfonamides is 1. The number of benzene rings is 2. The van der Waals surface area contributed by atoms with Crippen molar-refractivity contribution in [2.24, 2.45) is 0 Å². The lowest BCUT2D eigenvalue weighted by Crippen LogP contribution is -2.33. The van der Waals surface area contributed by atoms with Crippen LogP contribution in [0.2, 0.25) is 0 Å². The molecule has 0 aliphatic carbocycles. The van der Waals surface area contributed by atoms with E-state index in [1.807, 2.05) is 39.0 Å². The van der Waals surface area contributed by atoms with Gasteiger partial charge >= 0.3 is 0 Å². The number of aryl methyl sites for hydroxylation is 1. The summed E-state index contributed by atoms with van der Waals surface area (Å²) in [7, 11) is -1.84. The molecule has 1 N–H and O–H groups in total. The quantitative estimate of drug-likeness (QED) is 0.511. The molecule has 2 rings (SSSR count). The Hall–Kier alpha value is -2.74. The average Bonchev–Trinajstić information content (AvgIpc) is 2.75. The zero-order chi connectivity index (χ0) is 23.7. The SMILES string of the molecule is CCOc1ccc(N(CCCC(=O)N[C@@H](CC)c2ccc(OC)c(C)c2)S(C)(=O)=O)cc1. The van der Waals surface area contributed by atoms with Crippen LogP contribution in [0.1, 0.15) is 50.3 Å². The van der Waals surface area contributed by atoms with Crippen LogP contribution in [0, 0.1) is 6.92 Å². The van der Waals surface area contributed by atoms with Crippen LogP contribution in [0.25, 0.3) is 0 Å². The number of carbonyl (C=O) groups excluding carboxylic acids is 1. The molecule has 32 heavy (non-hydrogen) atoms. The highest BCUT2D eigenvalue weighted by atomic mass is 32.2. The van der Waals surface area contributed by atoms with Crippen molar-refractivity contribution < 1.29 is 22.7 Å². The Morgan fingerprint density at radius 3 is 2.34 bits per heavy atom. The van der Waals surface area contributed by atoms with Crippen LogP contribution in [0.15, 0.2) is 42.5 Å². The molecule has 0 spiro atoms. The zero-order valence-corrected chi connectivity index (χ0v) is 20.4. The normalized spacial score (nSPS) is 12.2. The van der Waals surface area contributed by atoms with Crippen molar-refractivity contribution in [1.82, 2.24) is 5.32 Å². The van der Waals surface area contributed by atoms with Gasteiger partial charge in [-0.3, -0.25) is 9.10 Å². The molecule has 7 nitrogen and oxygen atoms in total. The van der Waals surface area contributed by atoms with Crippen LogP contribution in [0.5, 0.6) is 11.5 Å². The lowest BCUT2D eigenvalue weighted by Gasteiger charge is -2.23. The van der Waals surface area contributed by atoms with Crippen LogP contribution < -0.4 is 19.1 Å². The molecule has 0 saturated carbocycles. The molecule has 0 aromatic heterocycles. The van der Waals surface area contributed by atoms with Gasteiger partial charge in [0.1, 0.15) is 11.5 Å². The van der Waals surface area contributed by atoms with Crippen LogP contribution in [0.4, 0.5) is 5.69 Å². The van der Waals surface area contributed by atoms with E-state index in [9.17, 15) is 13.2 Å². The number of nitrogens with one attached hydrogen (secondary N) is 1. The van der Waals surface area contributed by atoms with Crippen LogP contribution in [0.3, 0.4) is 0 Å². The first-order valence-electron chi connectivity index (χ1n) is 10.8. The number of hydrogen-bond donors (Lipinski definition) is 1. The minimum absolute atomic E-state index is 0.106. The standard InChI is InChI=1S/C24H34N2O5S/c1-6-22(19-10-15-23(30-4)18(3)17-19)25-24(27)9-8-16-26(32(5,28)29)20-11-13-21(14-12-20)31-7-2/h10-15,17,22H,6-9,16H2,1-5H3,(H,25,27)/t22-/m0/s1. The molecule has 0 saturated heterocycles. The first-order valence-corrected chi connectivity index (χ1v) is 12.7. The largest absolute Gasteiger partial charge is 0.496 e. The second-order valence-electron chi connectivity index (χ2n) is 7.62. The number of methoxy groups -OCH3 is 1. The highest BCUT2D eigenvalue weighted by Crippen LogP contribution is 2.25. The fourth-order valence-corrected chi connectivity index (χ4v) is 4.52. The van der Waals surface area contributed by atoms with Gasteiger partial charge in [0.05, 0.1) is 31.7 Å². The highest BCUT2D eigenvalue weighted by molar-refractivity contribution is 7.92. The van der Waals surface area contributed by atoms with Gasteiger partial charge in [-0.2, -0.15) is 0 Å². The number of nitrogens with zero attached hydrogens (tertiary/aromatic N) is 1. The molecule has 8 heteroatoms. The van der Waals surface area contributed by atoms with Crippen molar-refractivity contribution in [2.75, 3.05) is 30.8 Å². The Kier molecular flexibility index (Phi) is 9.38. The summed E-state index contributed by atoms with van der Waals surface area (Å²) in [5.41, 5.74) is 2.58. The van der Waals surface area contributed by atoms with E-state index in [-0.39, 0.29) is 24.9 Å². The molecule has 0 heterocycles. The molecule has 1 amide bonds. The monoisotopic (exact) mass is 462 g/mol. The molecule has 0 bridgehead atoms. The van der Waals surface area contributed by atoms with E-state index in [1.54, 1.807) is 31.4 Å². The van der Waals surface area contributed by atoms with E-state index >= 15 is 0 Å². The van der Waals surface area contributed by atoms with Gasteiger partial charge in [-0.1, -0.05) is 19.1 Å². The van der Waals surface area contributed by atoms with Gasteiger partial charge in [0.15, 0.2) is 0 Å². The van der Waals surface area contributed by atoms with E-state index in [0.29, 0.717) is 24.5 Å². The summed E-state index contributed by atoms with van der Waals surface area (Å²) in [5, 5.41) is 3.06. The van der Waals surface area contributed by atoms with E-state index in [0.717, 1.165) is 23.3 Å². The number of hydrogen-bond acceptors (Lipinski definition) is 5. The molecular formula is C24H34N2O5S. The van der Waals surface area contributed by atoms with Crippen LogP contribution in [-0.2, 0) is 14.8 Å². The van der Waals surface area contributed by atoms with Gasteiger partial charge in [-0.05, 0) is 68.1 Å². The highest BCUT2D eigenvalue weighted by Gasteiger charge is 2.19. The summed E-state index contributed by atoms with van der Waals surface area (Å²) >= 11 is 0. The minimum atomic E-state index is -3.47. The number of ether oxygens (including phenoxy) is 2. The summed E-state index contributed by atoms with van der Waals surface area (Å²) in [4.78, 5) is 12.6. The van der Waals surface area contributed by atoms with E-state index in [1.165, 1.54) is 10.6 Å². The van der Waals surface area contributed by atoms with Gasteiger partial charge < -0.3 is 14.8 Å². The van der Waals surface area contributed by atoms with Crippen molar-refractivity contribution in [3.05, 3.63) is 53.6 Å². The Morgan fingerprint density at radius 2 is 1.81 bits per heavy atom. The third-order valence-corrected chi connectivity index (χ3v) is 6.36. The fourth-order valence-electron chi connectivity index (χ4n) is 3.55. The summed E-state index contributed by atoms with van der Waals surface area (Å²) < 4.78 is 36.6. The Balaban J connectivity index is 1.98. The van der Waals surface area contributed by atoms with Crippen molar-refractivity contribution in [3.8, 4) is 11.5 Å². The van der Waals surface area contributed by atoms with E-state index < -0.39 is 10.0 Å². The molecule has 1 atom stereocenters. The molecular weight excluding hydrogens is 428 g/mol. The van der Waals surface area contributed by atoms with E-state index in [2.05, 4.69) is 5.32 Å². The lowest BCUT2D eigenvalue weighted by molar-refractivity contribution is -0.121. The molecule has 0 aliphatic rings. The van der Waals surface area contributed by atoms with Crippen LogP contribution in [-0.4, -0.2) is 40.8 Å². The minimum Gasteiger partial charge on any atom is -0.496 e. The lowest BCUT2D eigenvalue weighted by atomic mass is 10.0. The fraction of sp³-hybridized carbons (Fsp3) is 0.458. The molecule has 2 aromatic rings. The smallest absolute Gasteiger partial charge is 0.232 e. The number of carbonyl (C=O) groups is 1. The van der Waals surface area contributed by atoms with Gasteiger partial charge in [0.25, 0.3) is 0 Å². The van der Waals surface area contributed by atoms with Gasteiger partial charge in [-0.25, -0.2) is 8.42 Å². The van der Waals surface area contributed by atoms with Crippen molar-refractivity contribution >= 4 is 21.6 Å². The first kappa shape index (κ1) is 25.5. The van der Waals surface area contributed by atoms with Crippen molar-refractivity contribution in [3.63, 3.8) is 0 Å². The third-order valence-electron chi connectivity index (χ3n) is 5.17. The maximum Gasteiger partial charge on any atom is 0.232 e. The number of rotatable bonds is 12. The molecule has 0 radical (unpaired) electrons. The summed E-state index contributed by atoms with van der Waals surface area (Å²) in [6.07, 6.45) is 2.56. The first-order chi connectivity index (χ1) is 15.2. The Morgan fingerprint density at radius 1 is 1.12 bits per heavy atom. The molecule has 0 unspecified atom stereocenters. The second kappa shape index (κ2) is 11.8. The predicted molar refractivity (Wildman–Crippen MR) is 128 cm³/mol. The van der Waals surface area contributed by atoms with Crippen LogP contribution >= 0.6 is 0 Å². The van der Waals surface area contributed by atoms with Gasteiger partial charge in [-0.15, -0.1) is 0 Å². The third kappa shape index (κ3) is 7.15. The number of amides is 1. The summed E-state index contributed by atoms with van der Waals surface area (Å²) in [6.45, 7) is 6.64. The summed E-state index contributed by atoms with van der Waals surface area (Å²) in [5.74, 6) is 1.39. The molecule has 2 aromatic carbocycles. The Labute approximate surface area is 191 Å². The molecule has 0 aliphatic heterocycles. The number of anilines is 1. The van der Waals surface area contributed by atoms with Crippen molar-refractivity contribution in [1.29, 1.82) is 0 Å². The van der Waals surface area contributed by atoms with Crippen molar-refractivity contribution in [2.45, 2.75) is 46.1 Å². The summed E-state index contributed by atoms with van der Waals surface area (Å²) in [6, 6.07) is 12.7. The molecule has 176 valence electrons. The maximum atomic E-state index is 12.6. The van der Waals surface area contributed by atoms with Gasteiger partial charge in [0.2, 0.25) is 15.9 Å². The second-order valence-corrected chi connectivity index (χ2v) is 9.53. The molecule has 0 fully saturated rings. The average molecular weight is 463 g/mol. The van der Waals surface area contributed by atoms with E-state index in [4.69, 9.17) is 9.47 Å². The zero-order valence-electron chi connectivity index (χ0n) is 19.6. The maximum absolute atomic E-state index is 12.6. The Bertz CT molecular complexity index is 990. The topological polar surface area (TPSA) is 84.9 Å². The van der Waals surface area contributed by atoms with Gasteiger partial charge in [0, 0.05) is 13.0 Å². The predicted octanol–water partition coefficient (Wildman–Crippen LogP) is 4.22.